The lowest BCUT2D eigenvalue weighted by molar-refractivity contribution is -0.130. The lowest BCUT2D eigenvalue weighted by Gasteiger charge is -2.39. The lowest BCUT2D eigenvalue weighted by Crippen LogP contribution is -2.58. The van der Waals surface area contributed by atoms with Crippen LogP contribution in [0.5, 0.6) is 0 Å². The fraction of sp³-hybridized carbons (Fsp3) is 0.938. The van der Waals surface area contributed by atoms with Crippen LogP contribution in [0.3, 0.4) is 0 Å². The Morgan fingerprint density at radius 1 is 1.29 bits per heavy atom. The van der Waals surface area contributed by atoms with Crippen LogP contribution in [-0.4, -0.2) is 61.3 Å². The van der Waals surface area contributed by atoms with Gasteiger partial charge in [0.15, 0.2) is 0 Å². The van der Waals surface area contributed by atoms with Gasteiger partial charge in [0.05, 0.1) is 18.2 Å². The monoisotopic (exact) mass is 295 g/mol. The maximum atomic E-state index is 12.7. The molecule has 5 nitrogen and oxygen atoms in total. The second-order valence-electron chi connectivity index (χ2n) is 7.08. The van der Waals surface area contributed by atoms with Crippen molar-refractivity contribution in [3.8, 4) is 0 Å². The first-order valence-corrected chi connectivity index (χ1v) is 8.54. The van der Waals surface area contributed by atoms with Gasteiger partial charge in [-0.2, -0.15) is 0 Å². The number of hydrogen-bond acceptors (Lipinski definition) is 4. The summed E-state index contributed by atoms with van der Waals surface area (Å²) in [5.41, 5.74) is -0.169. The maximum absolute atomic E-state index is 12.7. The molecule has 21 heavy (non-hydrogen) atoms. The van der Waals surface area contributed by atoms with Crippen LogP contribution in [0.2, 0.25) is 0 Å². The first-order chi connectivity index (χ1) is 10.2. The van der Waals surface area contributed by atoms with Crippen LogP contribution in [-0.2, 0) is 9.53 Å². The Hall–Kier alpha value is -0.650. The molecule has 120 valence electrons. The fourth-order valence-corrected chi connectivity index (χ4v) is 4.06. The molecule has 1 amide bonds. The van der Waals surface area contributed by atoms with Gasteiger partial charge >= 0.3 is 0 Å². The van der Waals surface area contributed by atoms with Gasteiger partial charge in [-0.15, -0.1) is 0 Å². The van der Waals surface area contributed by atoms with Crippen molar-refractivity contribution in [2.45, 2.75) is 63.1 Å². The molecule has 3 aliphatic heterocycles. The van der Waals surface area contributed by atoms with Crippen molar-refractivity contribution in [3.63, 3.8) is 0 Å². The molecule has 0 aliphatic carbocycles. The summed E-state index contributed by atoms with van der Waals surface area (Å²) in [6, 6.07) is 0.659. The number of nitrogens with zero attached hydrogens (tertiary/aromatic N) is 1. The molecule has 0 aromatic rings. The number of likely N-dealkylation sites (tertiary alicyclic amines) is 1. The average Bonchev–Trinajstić information content (AvgIpc) is 2.98. The second kappa shape index (κ2) is 6.63. The Labute approximate surface area is 127 Å². The molecule has 3 fully saturated rings. The van der Waals surface area contributed by atoms with Crippen LogP contribution in [0.15, 0.2) is 0 Å². The highest BCUT2D eigenvalue weighted by atomic mass is 16.5. The third-order valence-corrected chi connectivity index (χ3v) is 5.24. The van der Waals surface area contributed by atoms with Gasteiger partial charge in [0.2, 0.25) is 5.91 Å². The molecule has 2 unspecified atom stereocenters. The number of piperidine rings is 1. The SMILES string of the molecule is CC1(NC(=O)C2CCCN2C2CCNCC2)CCCOC1. The number of amides is 1. The zero-order valence-electron chi connectivity index (χ0n) is 13.2. The largest absolute Gasteiger partial charge is 0.379 e. The zero-order valence-corrected chi connectivity index (χ0v) is 13.2. The molecule has 5 heteroatoms. The molecule has 2 N–H and O–H groups in total. The predicted molar refractivity (Wildman–Crippen MR) is 82.2 cm³/mol. The van der Waals surface area contributed by atoms with Crippen LogP contribution in [0.1, 0.15) is 45.4 Å². The van der Waals surface area contributed by atoms with Crippen LogP contribution in [0.25, 0.3) is 0 Å². The second-order valence-corrected chi connectivity index (χ2v) is 7.08. The minimum Gasteiger partial charge on any atom is -0.379 e. The normalized spacial score (nSPS) is 35.8. The van der Waals surface area contributed by atoms with Gasteiger partial charge in [-0.1, -0.05) is 0 Å². The van der Waals surface area contributed by atoms with Crippen LogP contribution >= 0.6 is 0 Å². The molecule has 3 saturated heterocycles. The highest BCUT2D eigenvalue weighted by molar-refractivity contribution is 5.82. The topological polar surface area (TPSA) is 53.6 Å². The number of nitrogens with one attached hydrogen (secondary N) is 2. The summed E-state index contributed by atoms with van der Waals surface area (Å²) in [6.45, 7) is 6.85. The van der Waals surface area contributed by atoms with Gasteiger partial charge < -0.3 is 15.4 Å². The summed E-state index contributed by atoms with van der Waals surface area (Å²) in [5.74, 6) is 0.221. The number of ether oxygens (including phenoxy) is 1. The maximum Gasteiger partial charge on any atom is 0.237 e. The van der Waals surface area contributed by atoms with E-state index in [4.69, 9.17) is 4.74 Å². The van der Waals surface area contributed by atoms with E-state index in [0.717, 1.165) is 51.9 Å². The van der Waals surface area contributed by atoms with Crippen molar-refractivity contribution in [2.24, 2.45) is 0 Å². The van der Waals surface area contributed by atoms with Gasteiger partial charge in [-0.05, 0) is 65.1 Å². The van der Waals surface area contributed by atoms with Crippen molar-refractivity contribution in [3.05, 3.63) is 0 Å². The van der Waals surface area contributed by atoms with Crippen molar-refractivity contribution in [1.29, 1.82) is 0 Å². The molecule has 3 heterocycles. The number of rotatable bonds is 3. The van der Waals surface area contributed by atoms with E-state index in [1.54, 1.807) is 0 Å². The molecule has 0 spiro atoms. The van der Waals surface area contributed by atoms with E-state index < -0.39 is 0 Å². The Bertz CT molecular complexity index is 363. The number of carbonyl (C=O) groups excluding carboxylic acids is 1. The van der Waals surface area contributed by atoms with E-state index >= 15 is 0 Å². The van der Waals surface area contributed by atoms with Gasteiger partial charge in [-0.3, -0.25) is 9.69 Å². The molecule has 3 rings (SSSR count). The molecule has 0 saturated carbocycles. The predicted octanol–water partition coefficient (Wildman–Crippen LogP) is 0.888. The summed E-state index contributed by atoms with van der Waals surface area (Å²) in [7, 11) is 0. The van der Waals surface area contributed by atoms with Crippen LogP contribution in [0, 0.1) is 0 Å². The molecular weight excluding hydrogens is 266 g/mol. The molecule has 0 aromatic carbocycles. The number of hydrogen-bond donors (Lipinski definition) is 2. The first-order valence-electron chi connectivity index (χ1n) is 8.54. The quantitative estimate of drug-likeness (QED) is 0.812. The summed E-state index contributed by atoms with van der Waals surface area (Å²) in [4.78, 5) is 15.2. The Balaban J connectivity index is 1.59. The van der Waals surface area contributed by atoms with E-state index in [9.17, 15) is 4.79 Å². The lowest BCUT2D eigenvalue weighted by atomic mass is 9.94. The minimum absolute atomic E-state index is 0.0758. The Kier molecular flexibility index (Phi) is 4.82. The van der Waals surface area contributed by atoms with Crippen molar-refractivity contribution in [1.82, 2.24) is 15.5 Å². The molecule has 0 radical (unpaired) electrons. The van der Waals surface area contributed by atoms with Gasteiger partial charge in [0.25, 0.3) is 0 Å². The third kappa shape index (κ3) is 3.58. The summed E-state index contributed by atoms with van der Waals surface area (Å²) < 4.78 is 5.56. The summed E-state index contributed by atoms with van der Waals surface area (Å²) in [6.07, 6.45) is 6.56. The molecular formula is C16H29N3O2. The van der Waals surface area contributed by atoms with Gasteiger partial charge in [0, 0.05) is 12.6 Å². The number of carbonyl (C=O) groups is 1. The summed E-state index contributed by atoms with van der Waals surface area (Å²) in [5, 5.41) is 6.70. The molecule has 3 aliphatic rings. The van der Waals surface area contributed by atoms with Crippen LogP contribution in [0.4, 0.5) is 0 Å². The van der Waals surface area contributed by atoms with Gasteiger partial charge in [0.1, 0.15) is 0 Å². The van der Waals surface area contributed by atoms with E-state index in [1.165, 1.54) is 12.8 Å². The highest BCUT2D eigenvalue weighted by Crippen LogP contribution is 2.26. The first kappa shape index (κ1) is 15.3. The fourth-order valence-electron chi connectivity index (χ4n) is 4.06. The molecule has 0 bridgehead atoms. The van der Waals surface area contributed by atoms with E-state index in [0.29, 0.717) is 12.6 Å². The van der Waals surface area contributed by atoms with E-state index in [-0.39, 0.29) is 17.5 Å². The Morgan fingerprint density at radius 3 is 2.81 bits per heavy atom. The van der Waals surface area contributed by atoms with E-state index in [2.05, 4.69) is 22.5 Å². The van der Waals surface area contributed by atoms with Crippen LogP contribution < -0.4 is 10.6 Å². The molecule has 0 aromatic heterocycles. The van der Waals surface area contributed by atoms with Crippen molar-refractivity contribution < 1.29 is 9.53 Å². The Morgan fingerprint density at radius 2 is 2.10 bits per heavy atom. The highest BCUT2D eigenvalue weighted by Gasteiger charge is 2.38. The minimum atomic E-state index is -0.169. The van der Waals surface area contributed by atoms with Gasteiger partial charge in [-0.25, -0.2) is 0 Å². The molecule has 2 atom stereocenters. The summed E-state index contributed by atoms with van der Waals surface area (Å²) >= 11 is 0. The van der Waals surface area contributed by atoms with Crippen molar-refractivity contribution in [2.75, 3.05) is 32.8 Å². The van der Waals surface area contributed by atoms with E-state index in [1.807, 2.05) is 0 Å². The zero-order chi connectivity index (χ0) is 14.7. The average molecular weight is 295 g/mol. The smallest absolute Gasteiger partial charge is 0.237 e. The standard InChI is InChI=1S/C16H29N3O2/c1-16(7-3-11-21-12-16)18-15(20)14-4-2-10-19(14)13-5-8-17-9-6-13/h13-14,17H,2-12H2,1H3,(H,18,20). The third-order valence-electron chi connectivity index (χ3n) is 5.24. The van der Waals surface area contributed by atoms with Crippen molar-refractivity contribution >= 4 is 5.91 Å².